The number of H-pyrrole nitrogens is 1. The Hall–Kier alpha value is -1.88. The van der Waals surface area contributed by atoms with E-state index in [0.717, 1.165) is 5.56 Å². The number of nitrogens with one attached hydrogen (secondary N) is 1. The lowest BCUT2D eigenvalue weighted by molar-refractivity contribution is 0.619. The van der Waals surface area contributed by atoms with E-state index in [4.69, 9.17) is 5.73 Å². The first kappa shape index (κ1) is 11.6. The van der Waals surface area contributed by atoms with Crippen LogP contribution >= 0.6 is 0 Å². The Morgan fingerprint density at radius 3 is 2.76 bits per heavy atom. The van der Waals surface area contributed by atoms with E-state index in [1.807, 2.05) is 37.3 Å². The van der Waals surface area contributed by atoms with Crippen molar-refractivity contribution in [1.82, 2.24) is 14.8 Å². The van der Waals surface area contributed by atoms with E-state index in [2.05, 4.69) is 10.2 Å². The molecular weight excluding hydrogens is 216 g/mol. The molecule has 5 nitrogen and oxygen atoms in total. The summed E-state index contributed by atoms with van der Waals surface area (Å²) in [6.07, 6.45) is 0.552. The highest BCUT2D eigenvalue weighted by Gasteiger charge is 2.12. The number of aromatic amines is 1. The maximum atomic E-state index is 11.4. The lowest BCUT2D eigenvalue weighted by atomic mass is 10.0. The number of nitrogens with two attached hydrogens (primary N) is 1. The molecular formula is C12H16N4O. The van der Waals surface area contributed by atoms with E-state index in [0.29, 0.717) is 18.8 Å². The van der Waals surface area contributed by atoms with Crippen LogP contribution in [-0.4, -0.2) is 14.8 Å². The van der Waals surface area contributed by atoms with Crippen molar-refractivity contribution in [2.45, 2.75) is 25.9 Å². The fraction of sp³-hybridized carbons (Fsp3) is 0.333. The monoisotopic (exact) mass is 232 g/mol. The van der Waals surface area contributed by atoms with E-state index >= 15 is 0 Å². The number of hydrogen-bond acceptors (Lipinski definition) is 3. The van der Waals surface area contributed by atoms with Crippen LogP contribution in [0.4, 0.5) is 0 Å². The molecule has 0 aliphatic heterocycles. The zero-order valence-electron chi connectivity index (χ0n) is 9.76. The van der Waals surface area contributed by atoms with Crippen LogP contribution in [0.15, 0.2) is 35.1 Å². The fourth-order valence-corrected chi connectivity index (χ4v) is 1.85. The molecule has 17 heavy (non-hydrogen) atoms. The summed E-state index contributed by atoms with van der Waals surface area (Å²) in [6.45, 7) is 2.51. The predicted molar refractivity (Wildman–Crippen MR) is 65.6 cm³/mol. The lowest BCUT2D eigenvalue weighted by Gasteiger charge is -2.11. The number of benzene rings is 1. The standard InChI is InChI=1S/C12H16N4O/c1-2-16-11(14-15-12(16)17)8-10(13)9-6-4-3-5-7-9/h3-7,10H,2,8,13H2,1H3,(H,15,17). The van der Waals surface area contributed by atoms with E-state index in [1.165, 1.54) is 0 Å². The second kappa shape index (κ2) is 4.97. The lowest BCUT2D eigenvalue weighted by Crippen LogP contribution is -2.21. The minimum Gasteiger partial charge on any atom is -0.324 e. The molecule has 0 bridgehead atoms. The molecule has 3 N–H and O–H groups in total. The van der Waals surface area contributed by atoms with Gasteiger partial charge in [-0.2, -0.15) is 5.10 Å². The summed E-state index contributed by atoms with van der Waals surface area (Å²) in [5.74, 6) is 0.703. The molecule has 90 valence electrons. The smallest absolute Gasteiger partial charge is 0.324 e. The van der Waals surface area contributed by atoms with Gasteiger partial charge >= 0.3 is 5.69 Å². The summed E-state index contributed by atoms with van der Waals surface area (Å²) in [6, 6.07) is 9.67. The first-order valence-electron chi connectivity index (χ1n) is 5.67. The van der Waals surface area contributed by atoms with Gasteiger partial charge in [0.25, 0.3) is 0 Å². The molecule has 1 atom stereocenters. The number of aromatic nitrogens is 3. The Labute approximate surface area is 99.3 Å². The molecule has 1 heterocycles. The Balaban J connectivity index is 2.19. The predicted octanol–water partition coefficient (Wildman–Crippen LogP) is 0.834. The molecule has 0 aliphatic rings. The molecule has 5 heteroatoms. The van der Waals surface area contributed by atoms with Gasteiger partial charge in [0, 0.05) is 19.0 Å². The summed E-state index contributed by atoms with van der Waals surface area (Å²) >= 11 is 0. The zero-order chi connectivity index (χ0) is 12.3. The van der Waals surface area contributed by atoms with Gasteiger partial charge in [-0.3, -0.25) is 4.57 Å². The summed E-state index contributed by atoms with van der Waals surface area (Å²) in [5.41, 5.74) is 6.96. The normalized spacial score (nSPS) is 12.6. The van der Waals surface area contributed by atoms with Gasteiger partial charge < -0.3 is 5.73 Å². The molecule has 0 aliphatic carbocycles. The molecule has 1 aromatic carbocycles. The molecule has 2 rings (SSSR count). The van der Waals surface area contributed by atoms with Gasteiger partial charge in [0.1, 0.15) is 5.82 Å². The van der Waals surface area contributed by atoms with Crippen molar-refractivity contribution < 1.29 is 0 Å². The Morgan fingerprint density at radius 2 is 2.12 bits per heavy atom. The minimum absolute atomic E-state index is 0.142. The molecule has 2 aromatic rings. The van der Waals surface area contributed by atoms with Crippen molar-refractivity contribution in [3.8, 4) is 0 Å². The fourth-order valence-electron chi connectivity index (χ4n) is 1.85. The summed E-state index contributed by atoms with van der Waals surface area (Å²) < 4.78 is 1.60. The third-order valence-electron chi connectivity index (χ3n) is 2.78. The van der Waals surface area contributed by atoms with Crippen molar-refractivity contribution >= 4 is 0 Å². The van der Waals surface area contributed by atoms with Crippen molar-refractivity contribution in [2.75, 3.05) is 0 Å². The van der Waals surface area contributed by atoms with Crippen molar-refractivity contribution in [3.63, 3.8) is 0 Å². The van der Waals surface area contributed by atoms with Crippen molar-refractivity contribution in [3.05, 3.63) is 52.2 Å². The second-order valence-electron chi connectivity index (χ2n) is 3.91. The van der Waals surface area contributed by atoms with Gasteiger partial charge in [-0.25, -0.2) is 9.89 Å². The van der Waals surface area contributed by atoms with Gasteiger partial charge in [-0.1, -0.05) is 30.3 Å². The number of nitrogens with zero attached hydrogens (tertiary/aromatic N) is 2. The number of hydrogen-bond donors (Lipinski definition) is 2. The summed E-state index contributed by atoms with van der Waals surface area (Å²) in [4.78, 5) is 11.4. The maximum Gasteiger partial charge on any atom is 0.343 e. The largest absolute Gasteiger partial charge is 0.343 e. The van der Waals surface area contributed by atoms with Crippen LogP contribution in [0.3, 0.4) is 0 Å². The molecule has 0 spiro atoms. The van der Waals surface area contributed by atoms with Crippen LogP contribution in [0.25, 0.3) is 0 Å². The highest BCUT2D eigenvalue weighted by molar-refractivity contribution is 5.19. The van der Waals surface area contributed by atoms with Crippen LogP contribution < -0.4 is 11.4 Å². The average molecular weight is 232 g/mol. The van der Waals surface area contributed by atoms with E-state index in [-0.39, 0.29) is 11.7 Å². The van der Waals surface area contributed by atoms with Crippen LogP contribution in [0.1, 0.15) is 24.4 Å². The molecule has 0 amide bonds. The summed E-state index contributed by atoms with van der Waals surface area (Å²) in [5, 5.41) is 6.44. The maximum absolute atomic E-state index is 11.4. The highest BCUT2D eigenvalue weighted by atomic mass is 16.1. The van der Waals surface area contributed by atoms with E-state index in [1.54, 1.807) is 4.57 Å². The van der Waals surface area contributed by atoms with Crippen LogP contribution in [0.5, 0.6) is 0 Å². The average Bonchev–Trinajstić information content (AvgIpc) is 2.71. The molecule has 0 radical (unpaired) electrons. The zero-order valence-corrected chi connectivity index (χ0v) is 9.76. The van der Waals surface area contributed by atoms with Gasteiger partial charge in [-0.05, 0) is 12.5 Å². The Kier molecular flexibility index (Phi) is 3.39. The van der Waals surface area contributed by atoms with Gasteiger partial charge in [-0.15, -0.1) is 0 Å². The van der Waals surface area contributed by atoms with E-state index < -0.39 is 0 Å². The Bertz CT molecular complexity index is 529. The third-order valence-corrected chi connectivity index (χ3v) is 2.78. The van der Waals surface area contributed by atoms with E-state index in [9.17, 15) is 4.79 Å². The topological polar surface area (TPSA) is 76.7 Å². The van der Waals surface area contributed by atoms with Gasteiger partial charge in [0.15, 0.2) is 0 Å². The molecule has 1 aromatic heterocycles. The first-order valence-corrected chi connectivity index (χ1v) is 5.67. The minimum atomic E-state index is -0.178. The quantitative estimate of drug-likeness (QED) is 0.819. The molecule has 0 saturated heterocycles. The van der Waals surface area contributed by atoms with Crippen LogP contribution in [-0.2, 0) is 13.0 Å². The van der Waals surface area contributed by atoms with Gasteiger partial charge in [0.05, 0.1) is 0 Å². The molecule has 0 saturated carbocycles. The van der Waals surface area contributed by atoms with Crippen molar-refractivity contribution in [1.29, 1.82) is 0 Å². The first-order chi connectivity index (χ1) is 8.22. The summed E-state index contributed by atoms with van der Waals surface area (Å²) in [7, 11) is 0. The third kappa shape index (κ3) is 2.45. The second-order valence-corrected chi connectivity index (χ2v) is 3.91. The molecule has 0 fully saturated rings. The highest BCUT2D eigenvalue weighted by Crippen LogP contribution is 2.13. The van der Waals surface area contributed by atoms with Crippen LogP contribution in [0, 0.1) is 0 Å². The van der Waals surface area contributed by atoms with Crippen LogP contribution in [0.2, 0.25) is 0 Å². The van der Waals surface area contributed by atoms with Gasteiger partial charge in [0.2, 0.25) is 0 Å². The number of rotatable bonds is 4. The molecule has 1 unspecified atom stereocenters. The Morgan fingerprint density at radius 1 is 1.41 bits per heavy atom. The SMILES string of the molecule is CCn1c(CC(N)c2ccccc2)n[nH]c1=O. The van der Waals surface area contributed by atoms with Crippen molar-refractivity contribution in [2.24, 2.45) is 5.73 Å².